The van der Waals surface area contributed by atoms with Gasteiger partial charge in [0, 0.05) is 29.1 Å². The molecule has 1 N–H and O–H groups in total. The van der Waals surface area contributed by atoms with Crippen molar-refractivity contribution in [3.63, 3.8) is 0 Å². The van der Waals surface area contributed by atoms with Crippen LogP contribution >= 0.6 is 11.6 Å². The number of carbonyl (C=O) groups is 3. The number of anilines is 1. The van der Waals surface area contributed by atoms with Crippen molar-refractivity contribution in [1.29, 1.82) is 0 Å². The Hall–Kier alpha value is -2.66. The van der Waals surface area contributed by atoms with E-state index in [4.69, 9.17) is 16.3 Å². The lowest BCUT2D eigenvalue weighted by atomic mass is 10.1. The molecule has 0 bridgehead atoms. The van der Waals surface area contributed by atoms with Crippen LogP contribution in [-0.2, 0) is 4.79 Å². The third kappa shape index (κ3) is 5.16. The maximum absolute atomic E-state index is 12.3. The van der Waals surface area contributed by atoms with Gasteiger partial charge in [-0.2, -0.15) is 0 Å². The Labute approximate surface area is 150 Å². The van der Waals surface area contributed by atoms with Gasteiger partial charge in [0.25, 0.3) is 0 Å². The molecule has 0 spiro atoms. The molecule has 6 heteroatoms. The molecule has 5 nitrogen and oxygen atoms in total. The van der Waals surface area contributed by atoms with Crippen LogP contribution in [0.2, 0.25) is 5.02 Å². The third-order valence-corrected chi connectivity index (χ3v) is 3.85. The summed E-state index contributed by atoms with van der Waals surface area (Å²) in [4.78, 5) is 35.5. The first-order valence-electron chi connectivity index (χ1n) is 7.68. The summed E-state index contributed by atoms with van der Waals surface area (Å²) in [6, 6.07) is 11.4. The molecule has 0 radical (unpaired) electrons. The molecular weight excluding hydrogens is 342 g/mol. The summed E-state index contributed by atoms with van der Waals surface area (Å²) in [7, 11) is 1.47. The molecule has 130 valence electrons. The van der Waals surface area contributed by atoms with Crippen molar-refractivity contribution in [2.75, 3.05) is 12.4 Å². The quantitative estimate of drug-likeness (QED) is 0.753. The number of methoxy groups -OCH3 is 1. The number of amides is 1. The van der Waals surface area contributed by atoms with E-state index < -0.39 is 0 Å². The Bertz CT molecular complexity index is 800. The summed E-state index contributed by atoms with van der Waals surface area (Å²) in [5, 5.41) is 3.12. The summed E-state index contributed by atoms with van der Waals surface area (Å²) < 4.78 is 5.15. The van der Waals surface area contributed by atoms with E-state index in [9.17, 15) is 14.4 Å². The summed E-state index contributed by atoms with van der Waals surface area (Å²) in [5.41, 5.74) is 1.50. The number of Topliss-reactive ketones (excluding diaryl/α,β-unsaturated/α-hetero) is 2. The minimum atomic E-state index is -0.287. The molecule has 2 aromatic carbocycles. The largest absolute Gasteiger partial charge is 0.496 e. The van der Waals surface area contributed by atoms with Crippen LogP contribution < -0.4 is 10.1 Å². The van der Waals surface area contributed by atoms with Crippen LogP contribution in [0.25, 0.3) is 0 Å². The van der Waals surface area contributed by atoms with Crippen molar-refractivity contribution in [1.82, 2.24) is 0 Å². The highest BCUT2D eigenvalue weighted by atomic mass is 35.5. The molecule has 0 aliphatic heterocycles. The summed E-state index contributed by atoms with van der Waals surface area (Å²) in [6.45, 7) is 1.48. The number of halogens is 1. The maximum Gasteiger partial charge on any atom is 0.224 e. The number of carbonyl (C=O) groups excluding carboxylic acids is 3. The molecule has 2 aromatic rings. The van der Waals surface area contributed by atoms with Crippen LogP contribution in [0, 0.1) is 0 Å². The Morgan fingerprint density at radius 3 is 2.32 bits per heavy atom. The van der Waals surface area contributed by atoms with Crippen LogP contribution in [-0.4, -0.2) is 24.6 Å². The first kappa shape index (κ1) is 18.7. The van der Waals surface area contributed by atoms with Gasteiger partial charge >= 0.3 is 0 Å². The first-order valence-corrected chi connectivity index (χ1v) is 8.06. The molecule has 0 saturated heterocycles. The number of rotatable bonds is 7. The van der Waals surface area contributed by atoms with Gasteiger partial charge in [-0.05, 0) is 49.4 Å². The fourth-order valence-corrected chi connectivity index (χ4v) is 2.44. The molecule has 0 atom stereocenters. The summed E-state index contributed by atoms with van der Waals surface area (Å²) in [5.74, 6) is -0.125. The zero-order valence-electron chi connectivity index (χ0n) is 14.0. The van der Waals surface area contributed by atoms with Gasteiger partial charge in [-0.1, -0.05) is 11.6 Å². The fraction of sp³-hybridized carbons (Fsp3) is 0.211. The van der Waals surface area contributed by atoms with Gasteiger partial charge in [0.15, 0.2) is 11.6 Å². The van der Waals surface area contributed by atoms with Crippen molar-refractivity contribution in [2.45, 2.75) is 19.8 Å². The summed E-state index contributed by atoms with van der Waals surface area (Å²) in [6.07, 6.45) is 0.0665. The molecular formula is C19H18ClNO4. The number of ketones is 2. The van der Waals surface area contributed by atoms with Gasteiger partial charge in [0.1, 0.15) is 5.75 Å². The molecule has 0 saturated carbocycles. The van der Waals surface area contributed by atoms with Gasteiger partial charge in [-0.25, -0.2) is 0 Å². The lowest BCUT2D eigenvalue weighted by molar-refractivity contribution is -0.116. The molecule has 0 aromatic heterocycles. The van der Waals surface area contributed by atoms with Crippen molar-refractivity contribution >= 4 is 34.8 Å². The Morgan fingerprint density at radius 2 is 1.72 bits per heavy atom. The van der Waals surface area contributed by atoms with E-state index in [1.807, 2.05) is 0 Å². The van der Waals surface area contributed by atoms with E-state index in [0.29, 0.717) is 27.6 Å². The lowest BCUT2D eigenvalue weighted by Crippen LogP contribution is -2.14. The fourth-order valence-electron chi connectivity index (χ4n) is 2.27. The van der Waals surface area contributed by atoms with Crippen LogP contribution in [0.1, 0.15) is 40.5 Å². The first-order chi connectivity index (χ1) is 11.9. The summed E-state index contributed by atoms with van der Waals surface area (Å²) >= 11 is 5.91. The van der Waals surface area contributed by atoms with Gasteiger partial charge in [-0.15, -0.1) is 0 Å². The van der Waals surface area contributed by atoms with E-state index in [2.05, 4.69) is 5.32 Å². The van der Waals surface area contributed by atoms with Crippen molar-refractivity contribution in [3.05, 3.63) is 58.6 Å². The zero-order valence-corrected chi connectivity index (χ0v) is 14.7. The normalized spacial score (nSPS) is 10.2. The zero-order chi connectivity index (χ0) is 18.4. The van der Waals surface area contributed by atoms with Gasteiger partial charge in [0.2, 0.25) is 5.91 Å². The van der Waals surface area contributed by atoms with Crippen molar-refractivity contribution in [3.8, 4) is 5.75 Å². The Kier molecular flexibility index (Phi) is 6.31. The van der Waals surface area contributed by atoms with Crippen LogP contribution in [0.4, 0.5) is 5.69 Å². The van der Waals surface area contributed by atoms with E-state index in [0.717, 1.165) is 0 Å². The van der Waals surface area contributed by atoms with E-state index in [1.165, 1.54) is 20.1 Å². The molecule has 0 aliphatic carbocycles. The maximum atomic E-state index is 12.3. The van der Waals surface area contributed by atoms with Gasteiger partial charge < -0.3 is 10.1 Å². The van der Waals surface area contributed by atoms with Crippen LogP contribution in [0.3, 0.4) is 0 Å². The van der Waals surface area contributed by atoms with Gasteiger partial charge in [0.05, 0.1) is 12.7 Å². The number of nitrogens with one attached hydrogen (secondary N) is 1. The predicted molar refractivity (Wildman–Crippen MR) is 96.6 cm³/mol. The van der Waals surface area contributed by atoms with Crippen molar-refractivity contribution < 1.29 is 19.1 Å². The Morgan fingerprint density at radius 1 is 1.04 bits per heavy atom. The lowest BCUT2D eigenvalue weighted by Gasteiger charge is -2.09. The smallest absolute Gasteiger partial charge is 0.224 e. The van der Waals surface area contributed by atoms with Crippen LogP contribution in [0.5, 0.6) is 5.75 Å². The minimum Gasteiger partial charge on any atom is -0.496 e. The predicted octanol–water partition coefficient (Wildman–Crippen LogP) is 4.15. The topological polar surface area (TPSA) is 72.5 Å². The molecule has 0 aliphatic rings. The second kappa shape index (κ2) is 8.44. The Balaban J connectivity index is 1.94. The molecule has 0 fully saturated rings. The number of hydrogen-bond acceptors (Lipinski definition) is 4. The minimum absolute atomic E-state index is 0.0307. The average Bonchev–Trinajstić information content (AvgIpc) is 2.60. The second-order valence-electron chi connectivity index (χ2n) is 5.45. The van der Waals surface area contributed by atoms with E-state index in [1.54, 1.807) is 36.4 Å². The highest BCUT2D eigenvalue weighted by Crippen LogP contribution is 2.24. The monoisotopic (exact) mass is 359 g/mol. The standard InChI is InChI=1S/C19H18ClNO4/c1-12(22)13-3-6-15(7-4-13)21-19(24)10-8-17(23)16-11-14(20)5-9-18(16)25-2/h3-7,9,11H,8,10H2,1-2H3,(H,21,24). The van der Waals surface area contributed by atoms with Crippen LogP contribution in [0.15, 0.2) is 42.5 Å². The molecule has 25 heavy (non-hydrogen) atoms. The molecule has 0 unspecified atom stereocenters. The SMILES string of the molecule is COc1ccc(Cl)cc1C(=O)CCC(=O)Nc1ccc(C(C)=O)cc1. The second-order valence-corrected chi connectivity index (χ2v) is 5.89. The molecule has 0 heterocycles. The molecule has 1 amide bonds. The number of ether oxygens (including phenoxy) is 1. The number of benzene rings is 2. The third-order valence-electron chi connectivity index (χ3n) is 3.62. The number of hydrogen-bond donors (Lipinski definition) is 1. The average molecular weight is 360 g/mol. The van der Waals surface area contributed by atoms with Gasteiger partial charge in [-0.3, -0.25) is 14.4 Å². The van der Waals surface area contributed by atoms with E-state index >= 15 is 0 Å². The highest BCUT2D eigenvalue weighted by Gasteiger charge is 2.15. The highest BCUT2D eigenvalue weighted by molar-refractivity contribution is 6.31. The van der Waals surface area contributed by atoms with Crippen molar-refractivity contribution in [2.24, 2.45) is 0 Å². The molecule has 2 rings (SSSR count). The van der Waals surface area contributed by atoms with E-state index in [-0.39, 0.29) is 30.3 Å².